The number of nitrogens with one attached hydrogen (secondary N) is 1. The average molecular weight is 473 g/mol. The van der Waals surface area contributed by atoms with Crippen LogP contribution < -0.4 is 5.32 Å². The molecule has 0 saturated carbocycles. The normalized spacial score (nSPS) is 14.1. The third-order valence-electron chi connectivity index (χ3n) is 5.73. The van der Waals surface area contributed by atoms with Crippen LogP contribution in [0.3, 0.4) is 0 Å². The van der Waals surface area contributed by atoms with Gasteiger partial charge in [0.2, 0.25) is 0 Å². The fourth-order valence-electron chi connectivity index (χ4n) is 3.87. The lowest BCUT2D eigenvalue weighted by atomic mass is 9.80. The molecule has 1 N–H and O–H groups in total. The van der Waals surface area contributed by atoms with Crippen LogP contribution in [0.5, 0.6) is 0 Å². The summed E-state index contributed by atoms with van der Waals surface area (Å²) in [5, 5.41) is 3.30. The molecule has 0 aromatic rings. The maximum absolute atomic E-state index is 13.1. The monoisotopic (exact) mass is 472 g/mol. The van der Waals surface area contributed by atoms with Crippen LogP contribution in [0.2, 0.25) is 0 Å². The van der Waals surface area contributed by atoms with E-state index in [-0.39, 0.29) is 41.3 Å². The number of nitrogens with zero attached hydrogens (tertiary/aromatic N) is 1. The lowest BCUT2D eigenvalue weighted by Gasteiger charge is -2.32. The van der Waals surface area contributed by atoms with E-state index in [0.717, 1.165) is 6.54 Å². The van der Waals surface area contributed by atoms with Crippen molar-refractivity contribution in [3.05, 3.63) is 0 Å². The van der Waals surface area contributed by atoms with Gasteiger partial charge in [-0.3, -0.25) is 14.5 Å². The smallest absolute Gasteiger partial charge is 0.150 e. The summed E-state index contributed by atoms with van der Waals surface area (Å²) in [6.07, 6.45) is 0.312. The van der Waals surface area contributed by atoms with Gasteiger partial charge in [0, 0.05) is 37.4 Å². The molecular weight excluding hydrogens is 420 g/mol. The number of ether oxygens (including phenoxy) is 3. The first-order valence-corrected chi connectivity index (χ1v) is 12.7. The van der Waals surface area contributed by atoms with Crippen molar-refractivity contribution in [2.45, 2.75) is 73.9 Å². The second-order valence-electron chi connectivity index (χ2n) is 10.2. The second-order valence-corrected chi connectivity index (χ2v) is 10.2. The minimum absolute atomic E-state index is 0.0514. The summed E-state index contributed by atoms with van der Waals surface area (Å²) < 4.78 is 16.7. The molecule has 0 aliphatic heterocycles. The summed E-state index contributed by atoms with van der Waals surface area (Å²) in [5.41, 5.74) is 0. The molecule has 0 aromatic heterocycles. The van der Waals surface area contributed by atoms with Crippen molar-refractivity contribution in [2.75, 3.05) is 59.8 Å². The van der Waals surface area contributed by atoms with E-state index in [4.69, 9.17) is 14.2 Å². The molecule has 33 heavy (non-hydrogen) atoms. The number of hydrogen-bond acceptors (Lipinski definition) is 7. The Hall–Kier alpha value is -0.860. The molecule has 0 fully saturated rings. The highest BCUT2D eigenvalue weighted by Gasteiger charge is 2.32. The second kappa shape index (κ2) is 18.5. The van der Waals surface area contributed by atoms with Gasteiger partial charge in [-0.25, -0.2) is 0 Å². The molecule has 0 spiro atoms. The van der Waals surface area contributed by atoms with Crippen molar-refractivity contribution >= 4 is 11.6 Å². The van der Waals surface area contributed by atoms with Crippen LogP contribution in [-0.2, 0) is 23.8 Å². The van der Waals surface area contributed by atoms with Gasteiger partial charge >= 0.3 is 0 Å². The minimum atomic E-state index is -0.214. The van der Waals surface area contributed by atoms with Crippen molar-refractivity contribution in [1.29, 1.82) is 0 Å². The number of carbonyl (C=O) groups excluding carboxylic acids is 2. The Labute approximate surface area is 203 Å². The first-order chi connectivity index (χ1) is 15.5. The molecule has 0 heterocycles. The van der Waals surface area contributed by atoms with Crippen molar-refractivity contribution in [3.8, 4) is 0 Å². The largest absolute Gasteiger partial charge is 0.378 e. The maximum Gasteiger partial charge on any atom is 0.150 e. The molecule has 0 unspecified atom stereocenters. The third-order valence-corrected chi connectivity index (χ3v) is 5.73. The fraction of sp³-hybridized carbons (Fsp3) is 0.923. The van der Waals surface area contributed by atoms with Gasteiger partial charge < -0.3 is 19.5 Å². The Balaban J connectivity index is 4.22. The molecule has 0 aliphatic carbocycles. The summed E-state index contributed by atoms with van der Waals surface area (Å²) in [6.45, 7) is 21.1. The van der Waals surface area contributed by atoms with Gasteiger partial charge in [0.25, 0.3) is 0 Å². The molecule has 2 atom stereocenters. The van der Waals surface area contributed by atoms with E-state index in [0.29, 0.717) is 58.6 Å². The van der Waals surface area contributed by atoms with Crippen molar-refractivity contribution in [2.24, 2.45) is 23.7 Å². The Bertz CT molecular complexity index is 523. The van der Waals surface area contributed by atoms with Gasteiger partial charge in [-0.05, 0) is 18.9 Å². The van der Waals surface area contributed by atoms with E-state index in [1.54, 1.807) is 0 Å². The summed E-state index contributed by atoms with van der Waals surface area (Å²) in [5.74, 6) is 0.396. The van der Waals surface area contributed by atoms with E-state index in [1.165, 1.54) is 0 Å². The SMILES string of the molecule is CC(C)NCCOCCOCCOCCN(C)[C@H](C(=O)C[C@H](C(=O)C(C)C)C(C)C)C(C)C. The van der Waals surface area contributed by atoms with Crippen LogP contribution in [0.15, 0.2) is 0 Å². The number of rotatable bonds is 21. The Kier molecular flexibility index (Phi) is 18.0. The van der Waals surface area contributed by atoms with Gasteiger partial charge in [0.1, 0.15) is 5.78 Å². The standard InChI is InChI=1S/C26H52N2O5/c1-19(2)23(26(30)21(5)6)18-24(29)25(20(3)4)28(9)11-13-32-15-17-33-16-14-31-12-10-27-22(7)8/h19-23,25,27H,10-18H2,1-9H3/t23-,25-/m0/s1. The number of ketones is 2. The minimum Gasteiger partial charge on any atom is -0.378 e. The Morgan fingerprint density at radius 1 is 0.758 bits per heavy atom. The topological polar surface area (TPSA) is 77.1 Å². The van der Waals surface area contributed by atoms with Gasteiger partial charge in [-0.1, -0.05) is 55.4 Å². The van der Waals surface area contributed by atoms with Crippen LogP contribution >= 0.6 is 0 Å². The number of hydrogen-bond donors (Lipinski definition) is 1. The Morgan fingerprint density at radius 3 is 1.73 bits per heavy atom. The van der Waals surface area contributed by atoms with Crippen LogP contribution in [0.25, 0.3) is 0 Å². The molecule has 0 rings (SSSR count). The molecule has 0 amide bonds. The zero-order valence-electron chi connectivity index (χ0n) is 22.8. The van der Waals surface area contributed by atoms with Gasteiger partial charge in [-0.15, -0.1) is 0 Å². The Morgan fingerprint density at radius 2 is 1.27 bits per heavy atom. The molecule has 0 aliphatic rings. The van der Waals surface area contributed by atoms with Crippen molar-refractivity contribution < 1.29 is 23.8 Å². The fourth-order valence-corrected chi connectivity index (χ4v) is 3.87. The van der Waals surface area contributed by atoms with Crippen LogP contribution in [0.1, 0.15) is 61.8 Å². The molecule has 0 saturated heterocycles. The number of carbonyl (C=O) groups is 2. The summed E-state index contributed by atoms with van der Waals surface area (Å²) in [6, 6.07) is 0.259. The quantitative estimate of drug-likeness (QED) is 0.256. The van der Waals surface area contributed by atoms with Crippen LogP contribution in [-0.4, -0.2) is 88.3 Å². The summed E-state index contributed by atoms with van der Waals surface area (Å²) in [7, 11) is 1.96. The number of likely N-dealkylation sites (N-methyl/N-ethyl adjacent to an activating group) is 1. The highest BCUT2D eigenvalue weighted by Crippen LogP contribution is 2.24. The van der Waals surface area contributed by atoms with Gasteiger partial charge in [0.15, 0.2) is 5.78 Å². The highest BCUT2D eigenvalue weighted by atomic mass is 16.5. The maximum atomic E-state index is 13.1. The first-order valence-electron chi connectivity index (χ1n) is 12.7. The van der Waals surface area contributed by atoms with E-state index >= 15 is 0 Å². The zero-order chi connectivity index (χ0) is 25.4. The molecule has 0 bridgehead atoms. The summed E-state index contributed by atoms with van der Waals surface area (Å²) in [4.78, 5) is 27.8. The predicted octanol–water partition coefficient (Wildman–Crippen LogP) is 3.45. The molecule has 7 nitrogen and oxygen atoms in total. The lowest BCUT2D eigenvalue weighted by molar-refractivity contribution is -0.134. The lowest BCUT2D eigenvalue weighted by Crippen LogP contribution is -2.45. The van der Waals surface area contributed by atoms with Crippen molar-refractivity contribution in [1.82, 2.24) is 10.2 Å². The molecular formula is C26H52N2O5. The molecule has 196 valence electrons. The first kappa shape index (κ1) is 32.1. The van der Waals surface area contributed by atoms with Crippen LogP contribution in [0, 0.1) is 23.7 Å². The van der Waals surface area contributed by atoms with E-state index in [2.05, 4.69) is 37.9 Å². The molecule has 0 radical (unpaired) electrons. The van der Waals surface area contributed by atoms with E-state index in [1.807, 2.05) is 34.7 Å². The molecule has 0 aromatic carbocycles. The van der Waals surface area contributed by atoms with E-state index < -0.39 is 0 Å². The third kappa shape index (κ3) is 14.9. The van der Waals surface area contributed by atoms with Crippen LogP contribution in [0.4, 0.5) is 0 Å². The summed E-state index contributed by atoms with van der Waals surface area (Å²) >= 11 is 0. The highest BCUT2D eigenvalue weighted by molar-refractivity contribution is 5.91. The van der Waals surface area contributed by atoms with Gasteiger partial charge in [0.05, 0.1) is 45.7 Å². The van der Waals surface area contributed by atoms with Gasteiger partial charge in [-0.2, -0.15) is 0 Å². The predicted molar refractivity (Wildman–Crippen MR) is 135 cm³/mol. The zero-order valence-corrected chi connectivity index (χ0v) is 22.8. The van der Waals surface area contributed by atoms with Crippen molar-refractivity contribution in [3.63, 3.8) is 0 Å². The van der Waals surface area contributed by atoms with E-state index in [9.17, 15) is 9.59 Å². The molecule has 7 heteroatoms. The number of Topliss-reactive ketones (excluding diaryl/α,β-unsaturated/α-hetero) is 2. The average Bonchev–Trinajstić information content (AvgIpc) is 2.71.